The van der Waals surface area contributed by atoms with Crippen LogP contribution in [0, 0.1) is 10.1 Å². The molecule has 8 heteroatoms. The monoisotopic (exact) mass is 275 g/mol. The lowest BCUT2D eigenvalue weighted by molar-refractivity contribution is -0.384. The first kappa shape index (κ1) is 13.4. The second kappa shape index (κ2) is 5.31. The molecule has 0 saturated carbocycles. The van der Waals surface area contributed by atoms with Crippen LogP contribution < -0.4 is 4.74 Å². The standard InChI is InChI=1S/C12H9N3O5/c1-20-11-10(13-4-5-14-11)8-3-2-7(12(16)17)6-9(8)15(18)19/h2-6H,1H3,(H,16,17). The third-order valence-electron chi connectivity index (χ3n) is 2.55. The highest BCUT2D eigenvalue weighted by Gasteiger charge is 2.22. The number of carboxylic acid groups (broad SMARTS) is 1. The number of nitro benzene ring substituents is 1. The molecule has 0 radical (unpaired) electrons. The van der Waals surface area contributed by atoms with Gasteiger partial charge in [-0.15, -0.1) is 0 Å². The Balaban J connectivity index is 2.67. The lowest BCUT2D eigenvalue weighted by Crippen LogP contribution is -2.01. The van der Waals surface area contributed by atoms with Crippen molar-refractivity contribution in [1.29, 1.82) is 0 Å². The maximum Gasteiger partial charge on any atom is 0.335 e. The number of carboxylic acids is 1. The molecule has 0 atom stereocenters. The van der Waals surface area contributed by atoms with Gasteiger partial charge in [0.2, 0.25) is 5.88 Å². The van der Waals surface area contributed by atoms with E-state index in [0.29, 0.717) is 0 Å². The van der Waals surface area contributed by atoms with Gasteiger partial charge in [-0.1, -0.05) is 0 Å². The number of benzene rings is 1. The van der Waals surface area contributed by atoms with Crippen LogP contribution in [-0.2, 0) is 0 Å². The maximum atomic E-state index is 11.1. The molecule has 0 saturated heterocycles. The number of methoxy groups -OCH3 is 1. The lowest BCUT2D eigenvalue weighted by atomic mass is 10.1. The molecule has 0 amide bonds. The summed E-state index contributed by atoms with van der Waals surface area (Å²) in [5.74, 6) is -1.12. The Bertz CT molecular complexity index is 687. The van der Waals surface area contributed by atoms with Crippen LogP contribution in [0.3, 0.4) is 0 Å². The first-order valence-electron chi connectivity index (χ1n) is 5.41. The van der Waals surface area contributed by atoms with Crippen LogP contribution in [0.15, 0.2) is 30.6 Å². The van der Waals surface area contributed by atoms with Crippen LogP contribution >= 0.6 is 0 Å². The minimum Gasteiger partial charge on any atom is -0.479 e. The highest BCUT2D eigenvalue weighted by Crippen LogP contribution is 2.33. The van der Waals surface area contributed by atoms with Gasteiger partial charge >= 0.3 is 5.97 Å². The lowest BCUT2D eigenvalue weighted by Gasteiger charge is -2.07. The molecule has 0 bridgehead atoms. The highest BCUT2D eigenvalue weighted by atomic mass is 16.6. The predicted molar refractivity (Wildman–Crippen MR) is 67.6 cm³/mol. The van der Waals surface area contributed by atoms with E-state index in [0.717, 1.165) is 6.07 Å². The first-order valence-corrected chi connectivity index (χ1v) is 5.41. The summed E-state index contributed by atoms with van der Waals surface area (Å²) in [6.07, 6.45) is 2.76. The van der Waals surface area contributed by atoms with Crippen molar-refractivity contribution < 1.29 is 19.6 Å². The quantitative estimate of drug-likeness (QED) is 0.667. The molecule has 0 aliphatic heterocycles. The van der Waals surface area contributed by atoms with E-state index in [9.17, 15) is 14.9 Å². The van der Waals surface area contributed by atoms with Crippen molar-refractivity contribution in [1.82, 2.24) is 9.97 Å². The van der Waals surface area contributed by atoms with E-state index < -0.39 is 10.9 Å². The third-order valence-corrected chi connectivity index (χ3v) is 2.55. The van der Waals surface area contributed by atoms with E-state index in [-0.39, 0.29) is 28.4 Å². The number of nitrogens with zero attached hydrogens (tertiary/aromatic N) is 3. The second-order valence-corrected chi connectivity index (χ2v) is 3.71. The molecule has 2 rings (SSSR count). The zero-order valence-corrected chi connectivity index (χ0v) is 10.3. The molecule has 20 heavy (non-hydrogen) atoms. The second-order valence-electron chi connectivity index (χ2n) is 3.71. The average molecular weight is 275 g/mol. The number of rotatable bonds is 4. The van der Waals surface area contributed by atoms with Crippen LogP contribution in [0.1, 0.15) is 10.4 Å². The summed E-state index contributed by atoms with van der Waals surface area (Å²) in [7, 11) is 1.37. The van der Waals surface area contributed by atoms with E-state index in [2.05, 4.69) is 9.97 Å². The van der Waals surface area contributed by atoms with Crippen molar-refractivity contribution >= 4 is 11.7 Å². The Hall–Kier alpha value is -3.03. The van der Waals surface area contributed by atoms with Crippen molar-refractivity contribution in [3.63, 3.8) is 0 Å². The van der Waals surface area contributed by atoms with Crippen molar-refractivity contribution in [3.05, 3.63) is 46.3 Å². The van der Waals surface area contributed by atoms with Crippen molar-refractivity contribution in [3.8, 4) is 17.1 Å². The van der Waals surface area contributed by atoms with Gasteiger partial charge in [-0.05, 0) is 12.1 Å². The summed E-state index contributed by atoms with van der Waals surface area (Å²) < 4.78 is 5.00. The fourth-order valence-corrected chi connectivity index (χ4v) is 1.68. The molecule has 0 aliphatic rings. The summed E-state index contributed by atoms with van der Waals surface area (Å²) in [6, 6.07) is 3.55. The maximum absolute atomic E-state index is 11.1. The van der Waals surface area contributed by atoms with Gasteiger partial charge in [-0.2, -0.15) is 0 Å². The van der Waals surface area contributed by atoms with Crippen molar-refractivity contribution in [2.24, 2.45) is 0 Å². The molecule has 102 valence electrons. The molecule has 0 unspecified atom stereocenters. The van der Waals surface area contributed by atoms with E-state index in [1.807, 2.05) is 0 Å². The Morgan fingerprint density at radius 2 is 2.05 bits per heavy atom. The molecule has 0 fully saturated rings. The average Bonchev–Trinajstić information content (AvgIpc) is 2.46. The molecular weight excluding hydrogens is 266 g/mol. The number of aromatic nitrogens is 2. The van der Waals surface area contributed by atoms with Crippen LogP contribution in [-0.4, -0.2) is 33.1 Å². The molecule has 0 spiro atoms. The molecular formula is C12H9N3O5. The number of carbonyl (C=O) groups is 1. The summed E-state index contributed by atoms with van der Waals surface area (Å²) in [5.41, 5.74) is -0.226. The van der Waals surface area contributed by atoms with Crippen LogP contribution in [0.2, 0.25) is 0 Å². The molecule has 1 heterocycles. The van der Waals surface area contributed by atoms with E-state index >= 15 is 0 Å². The van der Waals surface area contributed by atoms with Gasteiger partial charge in [-0.25, -0.2) is 14.8 Å². The Kier molecular flexibility index (Phi) is 3.56. The largest absolute Gasteiger partial charge is 0.479 e. The van der Waals surface area contributed by atoms with Gasteiger partial charge in [0.15, 0.2) is 0 Å². The smallest absolute Gasteiger partial charge is 0.335 e. The Labute approximate surface area is 112 Å². The Morgan fingerprint density at radius 1 is 1.35 bits per heavy atom. The minimum atomic E-state index is -1.24. The fraction of sp³-hybridized carbons (Fsp3) is 0.0833. The van der Waals surface area contributed by atoms with Gasteiger partial charge in [0.05, 0.1) is 23.2 Å². The summed E-state index contributed by atoms with van der Waals surface area (Å²) in [4.78, 5) is 29.2. The van der Waals surface area contributed by atoms with E-state index in [4.69, 9.17) is 9.84 Å². The fourth-order valence-electron chi connectivity index (χ4n) is 1.68. The molecule has 2 aromatic rings. The minimum absolute atomic E-state index is 0.124. The van der Waals surface area contributed by atoms with Gasteiger partial charge in [0, 0.05) is 18.5 Å². The van der Waals surface area contributed by atoms with Crippen LogP contribution in [0.5, 0.6) is 5.88 Å². The summed E-state index contributed by atoms with van der Waals surface area (Å²) >= 11 is 0. The normalized spacial score (nSPS) is 10.1. The first-order chi connectivity index (χ1) is 9.54. The van der Waals surface area contributed by atoms with Gasteiger partial charge < -0.3 is 9.84 Å². The molecule has 8 nitrogen and oxygen atoms in total. The highest BCUT2D eigenvalue weighted by molar-refractivity contribution is 5.90. The predicted octanol–water partition coefficient (Wildman–Crippen LogP) is 1.76. The molecule has 1 aromatic carbocycles. The number of hydrogen-bond donors (Lipinski definition) is 1. The number of aromatic carboxylic acids is 1. The van der Waals surface area contributed by atoms with Crippen molar-refractivity contribution in [2.45, 2.75) is 0 Å². The summed E-state index contributed by atoms with van der Waals surface area (Å²) in [5, 5.41) is 20.0. The zero-order valence-electron chi connectivity index (χ0n) is 10.3. The molecule has 1 N–H and O–H groups in total. The van der Waals surface area contributed by atoms with Gasteiger partial charge in [0.1, 0.15) is 5.69 Å². The van der Waals surface area contributed by atoms with Gasteiger partial charge in [-0.3, -0.25) is 10.1 Å². The summed E-state index contributed by atoms with van der Waals surface area (Å²) in [6.45, 7) is 0. The van der Waals surface area contributed by atoms with E-state index in [1.54, 1.807) is 0 Å². The number of ether oxygens (including phenoxy) is 1. The number of nitro groups is 1. The third kappa shape index (κ3) is 2.39. The van der Waals surface area contributed by atoms with E-state index in [1.165, 1.54) is 31.6 Å². The van der Waals surface area contributed by atoms with Crippen LogP contribution in [0.4, 0.5) is 5.69 Å². The SMILES string of the molecule is COc1nccnc1-c1ccc(C(=O)O)cc1[N+](=O)[O-]. The van der Waals surface area contributed by atoms with Gasteiger partial charge in [0.25, 0.3) is 5.69 Å². The topological polar surface area (TPSA) is 115 Å². The van der Waals surface area contributed by atoms with Crippen LogP contribution in [0.25, 0.3) is 11.3 Å². The zero-order chi connectivity index (χ0) is 14.7. The Morgan fingerprint density at radius 3 is 2.65 bits per heavy atom. The number of hydrogen-bond acceptors (Lipinski definition) is 6. The molecule has 1 aromatic heterocycles. The van der Waals surface area contributed by atoms with Crippen molar-refractivity contribution in [2.75, 3.05) is 7.11 Å². The molecule has 0 aliphatic carbocycles.